The molecule has 0 saturated carbocycles. The van der Waals surface area contributed by atoms with Crippen LogP contribution in [0.2, 0.25) is 0 Å². The summed E-state index contributed by atoms with van der Waals surface area (Å²) in [5.41, 5.74) is 1.47. The van der Waals surface area contributed by atoms with Crippen molar-refractivity contribution in [2.75, 3.05) is 6.61 Å². The zero-order chi connectivity index (χ0) is 22.8. The second-order valence-corrected chi connectivity index (χ2v) is 6.98. The molecule has 11 heteroatoms. The highest BCUT2D eigenvalue weighted by atomic mass is 19.4. The minimum atomic E-state index is -4.68. The first-order chi connectivity index (χ1) is 14.5. The molecule has 31 heavy (non-hydrogen) atoms. The molecule has 1 aromatic carbocycles. The molecule has 0 aliphatic rings. The van der Waals surface area contributed by atoms with Crippen LogP contribution in [-0.2, 0) is 22.1 Å². The number of alkyl halides is 3. The van der Waals surface area contributed by atoms with Crippen molar-refractivity contribution in [3.8, 4) is 5.75 Å². The molecular weight excluding hydrogens is 420 g/mol. The van der Waals surface area contributed by atoms with Crippen LogP contribution in [0.5, 0.6) is 5.75 Å². The van der Waals surface area contributed by atoms with Crippen molar-refractivity contribution < 1.29 is 31.8 Å². The summed E-state index contributed by atoms with van der Waals surface area (Å²) in [6.45, 7) is 4.90. The zero-order valence-electron chi connectivity index (χ0n) is 17.0. The Hall–Kier alpha value is -3.24. The van der Waals surface area contributed by atoms with Gasteiger partial charge in [-0.25, -0.2) is 13.9 Å². The second-order valence-electron chi connectivity index (χ2n) is 6.98. The fourth-order valence-corrected chi connectivity index (χ4v) is 3.01. The van der Waals surface area contributed by atoms with Crippen LogP contribution in [0.4, 0.5) is 17.6 Å². The van der Waals surface area contributed by atoms with Gasteiger partial charge in [-0.3, -0.25) is 4.79 Å². The van der Waals surface area contributed by atoms with Crippen molar-refractivity contribution in [3.05, 3.63) is 52.9 Å². The predicted molar refractivity (Wildman–Crippen MR) is 101 cm³/mol. The number of aromatic nitrogens is 4. The molecule has 3 aromatic rings. The summed E-state index contributed by atoms with van der Waals surface area (Å²) in [7, 11) is 0. The molecule has 0 saturated heterocycles. The zero-order valence-corrected chi connectivity index (χ0v) is 17.0. The van der Waals surface area contributed by atoms with Gasteiger partial charge in [-0.05, 0) is 44.9 Å². The number of carbonyl (C=O) groups excluding carboxylic acids is 1. The topological polar surface area (TPSA) is 78.6 Å². The standard InChI is InChI=1S/C20H20F4N4O3/c1-11(10-30-15-6-4-5-14(21)9-15)31-17(29)8-7-16-12(2)25-19-26-18(20(22,23)24)27-28(19)13(16)3/h4-6,9,11H,7-8,10H2,1-3H3. The van der Waals surface area contributed by atoms with Crippen molar-refractivity contribution in [2.24, 2.45) is 0 Å². The summed E-state index contributed by atoms with van der Waals surface area (Å²) in [5, 5.41) is 3.48. The van der Waals surface area contributed by atoms with Crippen molar-refractivity contribution >= 4 is 11.7 Å². The molecule has 0 N–H and O–H groups in total. The van der Waals surface area contributed by atoms with Crippen molar-refractivity contribution in [3.63, 3.8) is 0 Å². The third kappa shape index (κ3) is 5.47. The largest absolute Gasteiger partial charge is 0.490 e. The number of hydrogen-bond acceptors (Lipinski definition) is 6. The van der Waals surface area contributed by atoms with E-state index in [1.165, 1.54) is 18.2 Å². The van der Waals surface area contributed by atoms with Crippen molar-refractivity contribution in [2.45, 2.75) is 45.9 Å². The minimum Gasteiger partial charge on any atom is -0.490 e. The number of nitrogens with zero attached hydrogens (tertiary/aromatic N) is 4. The molecule has 0 aliphatic carbocycles. The molecule has 0 bridgehead atoms. The van der Waals surface area contributed by atoms with Crippen LogP contribution < -0.4 is 4.74 Å². The van der Waals surface area contributed by atoms with E-state index in [2.05, 4.69) is 15.1 Å². The van der Waals surface area contributed by atoms with E-state index in [1.54, 1.807) is 26.8 Å². The molecule has 166 valence electrons. The smallest absolute Gasteiger partial charge is 0.453 e. The highest BCUT2D eigenvalue weighted by molar-refractivity contribution is 5.70. The third-order valence-corrected chi connectivity index (χ3v) is 4.50. The van der Waals surface area contributed by atoms with E-state index in [1.807, 2.05) is 0 Å². The second kappa shape index (κ2) is 8.86. The average molecular weight is 440 g/mol. The van der Waals surface area contributed by atoms with Gasteiger partial charge in [0.15, 0.2) is 0 Å². The Morgan fingerprint density at radius 1 is 1.23 bits per heavy atom. The van der Waals surface area contributed by atoms with Gasteiger partial charge in [0.1, 0.15) is 24.3 Å². The van der Waals surface area contributed by atoms with Crippen LogP contribution >= 0.6 is 0 Å². The first-order valence-electron chi connectivity index (χ1n) is 9.42. The molecule has 0 aliphatic heterocycles. The van der Waals surface area contributed by atoms with Gasteiger partial charge in [0.05, 0.1) is 0 Å². The van der Waals surface area contributed by atoms with Gasteiger partial charge in [-0.1, -0.05) is 6.07 Å². The van der Waals surface area contributed by atoms with Crippen LogP contribution in [0.1, 0.15) is 36.1 Å². The first kappa shape index (κ1) is 22.4. The Morgan fingerprint density at radius 2 is 1.97 bits per heavy atom. The van der Waals surface area contributed by atoms with Gasteiger partial charge < -0.3 is 9.47 Å². The van der Waals surface area contributed by atoms with E-state index in [4.69, 9.17) is 9.47 Å². The fourth-order valence-electron chi connectivity index (χ4n) is 3.01. The molecule has 2 aromatic heterocycles. The first-order valence-corrected chi connectivity index (χ1v) is 9.42. The van der Waals surface area contributed by atoms with Crippen LogP contribution in [0.15, 0.2) is 24.3 Å². The Kier molecular flexibility index (Phi) is 6.42. The van der Waals surface area contributed by atoms with E-state index in [0.29, 0.717) is 22.7 Å². The number of esters is 1. The van der Waals surface area contributed by atoms with Gasteiger partial charge in [0.25, 0.3) is 11.6 Å². The fraction of sp³-hybridized carbons (Fsp3) is 0.400. The van der Waals surface area contributed by atoms with Crippen LogP contribution in [0, 0.1) is 19.7 Å². The molecule has 2 heterocycles. The molecule has 0 spiro atoms. The van der Waals surface area contributed by atoms with E-state index in [9.17, 15) is 22.4 Å². The van der Waals surface area contributed by atoms with Crippen LogP contribution in [-0.4, -0.2) is 38.3 Å². The summed E-state index contributed by atoms with van der Waals surface area (Å²) in [5.74, 6) is -2.06. The van der Waals surface area contributed by atoms with Crippen molar-refractivity contribution in [1.29, 1.82) is 0 Å². The molecule has 0 fully saturated rings. The Balaban J connectivity index is 1.60. The molecule has 1 unspecified atom stereocenters. The number of rotatable bonds is 7. The number of fused-ring (bicyclic) bond motifs is 1. The molecule has 1 atom stereocenters. The van der Waals surface area contributed by atoms with E-state index in [-0.39, 0.29) is 25.2 Å². The Labute approximate surface area is 175 Å². The molecule has 7 nitrogen and oxygen atoms in total. The molecule has 0 amide bonds. The quantitative estimate of drug-likeness (QED) is 0.410. The molecular formula is C20H20F4N4O3. The van der Waals surface area contributed by atoms with Gasteiger partial charge in [-0.15, -0.1) is 5.10 Å². The highest BCUT2D eigenvalue weighted by Crippen LogP contribution is 2.27. The van der Waals surface area contributed by atoms with Gasteiger partial charge in [0, 0.05) is 23.9 Å². The van der Waals surface area contributed by atoms with E-state index in [0.717, 1.165) is 4.52 Å². The lowest BCUT2D eigenvalue weighted by Crippen LogP contribution is -2.22. The minimum absolute atomic E-state index is 0.0139. The summed E-state index contributed by atoms with van der Waals surface area (Å²) in [6.07, 6.45) is -5.07. The maximum Gasteiger partial charge on any atom is 0.453 e. The number of ether oxygens (including phenoxy) is 2. The van der Waals surface area contributed by atoms with Crippen LogP contribution in [0.3, 0.4) is 0 Å². The van der Waals surface area contributed by atoms with E-state index >= 15 is 0 Å². The summed E-state index contributed by atoms with van der Waals surface area (Å²) in [6, 6.07) is 5.59. The maximum atomic E-state index is 13.1. The normalized spacial score (nSPS) is 12.7. The number of carbonyl (C=O) groups is 1. The third-order valence-electron chi connectivity index (χ3n) is 4.50. The molecule has 3 rings (SSSR count). The predicted octanol–water partition coefficient (Wildman–Crippen LogP) is 3.84. The average Bonchev–Trinajstić information content (AvgIpc) is 3.11. The summed E-state index contributed by atoms with van der Waals surface area (Å²) in [4.78, 5) is 19.7. The molecule has 0 radical (unpaired) electrons. The lowest BCUT2D eigenvalue weighted by molar-refractivity contribution is -0.149. The monoisotopic (exact) mass is 440 g/mol. The lowest BCUT2D eigenvalue weighted by atomic mass is 10.1. The van der Waals surface area contributed by atoms with Gasteiger partial charge in [-0.2, -0.15) is 18.2 Å². The lowest BCUT2D eigenvalue weighted by Gasteiger charge is -2.15. The van der Waals surface area contributed by atoms with Gasteiger partial charge >= 0.3 is 12.1 Å². The number of hydrogen-bond donors (Lipinski definition) is 0. The number of aryl methyl sites for hydroxylation is 2. The van der Waals surface area contributed by atoms with E-state index < -0.39 is 29.9 Å². The Bertz CT molecular complexity index is 1100. The summed E-state index contributed by atoms with van der Waals surface area (Å²) >= 11 is 0. The Morgan fingerprint density at radius 3 is 2.65 bits per heavy atom. The number of benzene rings is 1. The van der Waals surface area contributed by atoms with Crippen molar-refractivity contribution in [1.82, 2.24) is 19.6 Å². The maximum absolute atomic E-state index is 13.1. The SMILES string of the molecule is Cc1nc2nc(C(F)(F)F)nn2c(C)c1CCC(=O)OC(C)COc1cccc(F)c1. The van der Waals surface area contributed by atoms with Crippen LogP contribution in [0.25, 0.3) is 5.78 Å². The highest BCUT2D eigenvalue weighted by Gasteiger charge is 2.37. The van der Waals surface area contributed by atoms with Gasteiger partial charge in [0.2, 0.25) is 0 Å². The number of halogens is 4. The summed E-state index contributed by atoms with van der Waals surface area (Å²) < 4.78 is 63.4.